The van der Waals surface area contributed by atoms with Crippen LogP contribution >= 0.6 is 0 Å². The van der Waals surface area contributed by atoms with E-state index in [1.54, 1.807) is 0 Å². The van der Waals surface area contributed by atoms with Gasteiger partial charge in [-0.25, -0.2) is 0 Å². The standard InChI is InChI=1S/C12H24N2O2/c1-4-16-12(15)10(3)14-6-5-9(2)7-11(14)8-13/h9-11H,4-8,13H2,1-3H3. The Morgan fingerprint density at radius 2 is 2.31 bits per heavy atom. The number of carbonyl (C=O) groups excluding carboxylic acids is 1. The molecule has 1 fully saturated rings. The van der Waals surface area contributed by atoms with E-state index in [0.717, 1.165) is 19.4 Å². The number of carbonyl (C=O) groups is 1. The number of hydrogen-bond donors (Lipinski definition) is 1. The summed E-state index contributed by atoms with van der Waals surface area (Å²) >= 11 is 0. The molecule has 1 aliphatic rings. The SMILES string of the molecule is CCOC(=O)C(C)N1CCC(C)CC1CN. The first-order chi connectivity index (χ1) is 7.60. The third kappa shape index (κ3) is 3.19. The van der Waals surface area contributed by atoms with Crippen molar-refractivity contribution in [3.8, 4) is 0 Å². The van der Waals surface area contributed by atoms with Crippen molar-refractivity contribution in [3.05, 3.63) is 0 Å². The summed E-state index contributed by atoms with van der Waals surface area (Å²) in [4.78, 5) is 13.9. The van der Waals surface area contributed by atoms with Crippen LogP contribution in [0, 0.1) is 5.92 Å². The van der Waals surface area contributed by atoms with Crippen molar-refractivity contribution >= 4 is 5.97 Å². The molecular formula is C12H24N2O2. The number of hydrogen-bond acceptors (Lipinski definition) is 4. The van der Waals surface area contributed by atoms with Gasteiger partial charge in [-0.2, -0.15) is 0 Å². The van der Waals surface area contributed by atoms with Gasteiger partial charge in [-0.05, 0) is 39.2 Å². The third-order valence-corrected chi connectivity index (χ3v) is 3.42. The molecule has 1 saturated heterocycles. The third-order valence-electron chi connectivity index (χ3n) is 3.42. The van der Waals surface area contributed by atoms with E-state index in [1.165, 1.54) is 0 Å². The highest BCUT2D eigenvalue weighted by atomic mass is 16.5. The van der Waals surface area contributed by atoms with E-state index in [9.17, 15) is 4.79 Å². The predicted octanol–water partition coefficient (Wildman–Crippen LogP) is 0.997. The lowest BCUT2D eigenvalue weighted by Crippen LogP contribution is -2.53. The Hall–Kier alpha value is -0.610. The molecule has 0 aromatic heterocycles. The van der Waals surface area contributed by atoms with Gasteiger partial charge in [0.05, 0.1) is 6.61 Å². The number of likely N-dealkylation sites (tertiary alicyclic amines) is 1. The van der Waals surface area contributed by atoms with E-state index in [-0.39, 0.29) is 12.0 Å². The zero-order chi connectivity index (χ0) is 12.1. The van der Waals surface area contributed by atoms with Crippen LogP contribution in [0.25, 0.3) is 0 Å². The average Bonchev–Trinajstić information content (AvgIpc) is 2.28. The quantitative estimate of drug-likeness (QED) is 0.729. The molecule has 0 amide bonds. The van der Waals surface area contributed by atoms with Crippen LogP contribution in [-0.4, -0.2) is 42.6 Å². The van der Waals surface area contributed by atoms with Crippen molar-refractivity contribution in [2.75, 3.05) is 19.7 Å². The minimum Gasteiger partial charge on any atom is -0.465 e. The number of piperidine rings is 1. The molecule has 0 aromatic carbocycles. The Kier molecular flexibility index (Phi) is 5.22. The van der Waals surface area contributed by atoms with E-state index in [4.69, 9.17) is 10.5 Å². The van der Waals surface area contributed by atoms with Gasteiger partial charge >= 0.3 is 5.97 Å². The fourth-order valence-electron chi connectivity index (χ4n) is 2.41. The zero-order valence-corrected chi connectivity index (χ0v) is 10.6. The van der Waals surface area contributed by atoms with E-state index in [1.807, 2.05) is 13.8 Å². The van der Waals surface area contributed by atoms with Gasteiger partial charge in [0.15, 0.2) is 0 Å². The molecule has 0 bridgehead atoms. The average molecular weight is 228 g/mol. The van der Waals surface area contributed by atoms with Crippen molar-refractivity contribution in [1.29, 1.82) is 0 Å². The van der Waals surface area contributed by atoms with Gasteiger partial charge in [0.1, 0.15) is 6.04 Å². The normalized spacial score (nSPS) is 28.8. The van der Waals surface area contributed by atoms with E-state index >= 15 is 0 Å². The molecule has 1 heterocycles. The van der Waals surface area contributed by atoms with Crippen LogP contribution in [0.1, 0.15) is 33.6 Å². The first-order valence-electron chi connectivity index (χ1n) is 6.22. The highest BCUT2D eigenvalue weighted by Gasteiger charge is 2.32. The van der Waals surface area contributed by atoms with Gasteiger partial charge < -0.3 is 10.5 Å². The second-order valence-corrected chi connectivity index (χ2v) is 4.68. The summed E-state index contributed by atoms with van der Waals surface area (Å²) in [5, 5.41) is 0. The molecule has 4 heteroatoms. The summed E-state index contributed by atoms with van der Waals surface area (Å²) in [6.45, 7) is 8.01. The zero-order valence-electron chi connectivity index (χ0n) is 10.6. The number of nitrogens with two attached hydrogens (primary N) is 1. The number of esters is 1. The predicted molar refractivity (Wildman–Crippen MR) is 64.0 cm³/mol. The van der Waals surface area contributed by atoms with Crippen LogP contribution < -0.4 is 5.73 Å². The topological polar surface area (TPSA) is 55.6 Å². The Morgan fingerprint density at radius 1 is 1.62 bits per heavy atom. The summed E-state index contributed by atoms with van der Waals surface area (Å²) in [5.74, 6) is 0.578. The molecule has 0 spiro atoms. The maximum absolute atomic E-state index is 11.7. The summed E-state index contributed by atoms with van der Waals surface area (Å²) in [7, 11) is 0. The fourth-order valence-corrected chi connectivity index (χ4v) is 2.41. The van der Waals surface area contributed by atoms with Gasteiger partial charge in [0, 0.05) is 12.6 Å². The first kappa shape index (κ1) is 13.5. The maximum Gasteiger partial charge on any atom is 0.323 e. The minimum absolute atomic E-state index is 0.129. The molecule has 4 nitrogen and oxygen atoms in total. The van der Waals surface area contributed by atoms with Crippen LogP contribution in [0.3, 0.4) is 0 Å². The van der Waals surface area contributed by atoms with Gasteiger partial charge in [0.25, 0.3) is 0 Å². The lowest BCUT2D eigenvalue weighted by molar-refractivity contribution is -0.150. The Bertz CT molecular complexity index is 233. The van der Waals surface area contributed by atoms with Crippen molar-refractivity contribution in [2.45, 2.75) is 45.7 Å². The molecule has 3 unspecified atom stereocenters. The highest BCUT2D eigenvalue weighted by molar-refractivity contribution is 5.75. The first-order valence-corrected chi connectivity index (χ1v) is 6.22. The lowest BCUT2D eigenvalue weighted by Gasteiger charge is -2.40. The molecule has 2 N–H and O–H groups in total. The van der Waals surface area contributed by atoms with Crippen molar-refractivity contribution in [2.24, 2.45) is 11.7 Å². The molecule has 0 aromatic rings. The Labute approximate surface area is 98.1 Å². The van der Waals surface area contributed by atoms with Gasteiger partial charge in [-0.15, -0.1) is 0 Å². The molecule has 0 aliphatic carbocycles. The summed E-state index contributed by atoms with van der Waals surface area (Å²) in [6.07, 6.45) is 2.22. The second-order valence-electron chi connectivity index (χ2n) is 4.68. The van der Waals surface area contributed by atoms with Crippen molar-refractivity contribution < 1.29 is 9.53 Å². The maximum atomic E-state index is 11.7. The van der Waals surface area contributed by atoms with Crippen LogP contribution in [-0.2, 0) is 9.53 Å². The molecule has 3 atom stereocenters. The molecule has 1 rings (SSSR count). The summed E-state index contributed by atoms with van der Waals surface area (Å²) in [5.41, 5.74) is 5.77. The van der Waals surface area contributed by atoms with E-state index in [2.05, 4.69) is 11.8 Å². The smallest absolute Gasteiger partial charge is 0.323 e. The van der Waals surface area contributed by atoms with Gasteiger partial charge in [-0.3, -0.25) is 9.69 Å². The number of ether oxygens (including phenoxy) is 1. The Balaban J connectivity index is 2.59. The van der Waals surface area contributed by atoms with Crippen LogP contribution in [0.4, 0.5) is 0 Å². The Morgan fingerprint density at radius 3 is 2.88 bits per heavy atom. The molecule has 94 valence electrons. The van der Waals surface area contributed by atoms with E-state index < -0.39 is 0 Å². The number of nitrogens with zero attached hydrogens (tertiary/aromatic N) is 1. The van der Waals surface area contributed by atoms with Crippen molar-refractivity contribution in [1.82, 2.24) is 4.90 Å². The minimum atomic E-state index is -0.166. The summed E-state index contributed by atoms with van der Waals surface area (Å²) < 4.78 is 5.06. The molecule has 0 radical (unpaired) electrons. The second kappa shape index (κ2) is 6.21. The lowest BCUT2D eigenvalue weighted by atomic mass is 9.91. The highest BCUT2D eigenvalue weighted by Crippen LogP contribution is 2.24. The van der Waals surface area contributed by atoms with Crippen LogP contribution in [0.15, 0.2) is 0 Å². The molecule has 1 aliphatic heterocycles. The monoisotopic (exact) mass is 228 g/mol. The number of rotatable bonds is 4. The molecule has 0 saturated carbocycles. The molecular weight excluding hydrogens is 204 g/mol. The summed E-state index contributed by atoms with van der Waals surface area (Å²) in [6, 6.07) is 0.157. The fraction of sp³-hybridized carbons (Fsp3) is 0.917. The van der Waals surface area contributed by atoms with E-state index in [0.29, 0.717) is 25.1 Å². The van der Waals surface area contributed by atoms with Crippen LogP contribution in [0.2, 0.25) is 0 Å². The van der Waals surface area contributed by atoms with Gasteiger partial charge in [0.2, 0.25) is 0 Å². The van der Waals surface area contributed by atoms with Crippen molar-refractivity contribution in [3.63, 3.8) is 0 Å². The largest absolute Gasteiger partial charge is 0.465 e. The molecule has 16 heavy (non-hydrogen) atoms. The van der Waals surface area contributed by atoms with Gasteiger partial charge in [-0.1, -0.05) is 6.92 Å². The van der Waals surface area contributed by atoms with Crippen LogP contribution in [0.5, 0.6) is 0 Å².